The lowest BCUT2D eigenvalue weighted by Crippen LogP contribution is -2.33. The lowest BCUT2D eigenvalue weighted by Gasteiger charge is -2.14. The first-order valence-electron chi connectivity index (χ1n) is 5.95. The highest BCUT2D eigenvalue weighted by Crippen LogP contribution is 2.52. The van der Waals surface area contributed by atoms with Gasteiger partial charge in [-0.05, 0) is 25.2 Å². The number of hydrogen-bond acceptors (Lipinski definition) is 2. The molecule has 2 amide bonds. The van der Waals surface area contributed by atoms with Crippen LogP contribution in [0, 0.1) is 23.7 Å². The number of carbonyl (C=O) groups is 2. The molecule has 0 aromatic heterocycles. The third-order valence-corrected chi connectivity index (χ3v) is 4.27. The average Bonchev–Trinajstić information content (AvgIpc) is 2.92. The van der Waals surface area contributed by atoms with Crippen molar-refractivity contribution in [3.63, 3.8) is 0 Å². The summed E-state index contributed by atoms with van der Waals surface area (Å²) in [7, 11) is 0. The summed E-state index contributed by atoms with van der Waals surface area (Å²) in [5.41, 5.74) is 0. The van der Waals surface area contributed by atoms with Gasteiger partial charge in [-0.1, -0.05) is 29.8 Å². The number of hydrogen-bond donors (Lipinski definition) is 0. The zero-order valence-electron chi connectivity index (χ0n) is 9.60. The molecular formula is C13H14ClNO2. The second-order valence-corrected chi connectivity index (χ2v) is 5.67. The maximum absolute atomic E-state index is 12.2. The summed E-state index contributed by atoms with van der Waals surface area (Å²) in [5.74, 6) is 0.361. The van der Waals surface area contributed by atoms with E-state index in [4.69, 9.17) is 11.6 Å². The maximum atomic E-state index is 12.2. The first-order chi connectivity index (χ1) is 8.09. The maximum Gasteiger partial charge on any atom is 0.234 e. The van der Waals surface area contributed by atoms with Gasteiger partial charge in [0.15, 0.2) is 0 Å². The molecule has 0 aromatic carbocycles. The van der Waals surface area contributed by atoms with Gasteiger partial charge >= 0.3 is 0 Å². The molecule has 0 aromatic rings. The molecule has 1 aliphatic heterocycles. The van der Waals surface area contributed by atoms with E-state index < -0.39 is 0 Å². The summed E-state index contributed by atoms with van der Waals surface area (Å²) in [6.45, 7) is 2.07. The molecule has 2 bridgehead atoms. The van der Waals surface area contributed by atoms with Crippen LogP contribution in [-0.4, -0.2) is 23.3 Å². The van der Waals surface area contributed by atoms with Crippen molar-refractivity contribution in [3.8, 4) is 0 Å². The number of nitrogens with zero attached hydrogens (tertiary/aromatic N) is 1. The lowest BCUT2D eigenvalue weighted by molar-refractivity contribution is -0.140. The Balaban J connectivity index is 1.85. The summed E-state index contributed by atoms with van der Waals surface area (Å²) in [6.07, 6.45) is 6.89. The van der Waals surface area contributed by atoms with Crippen LogP contribution in [0.15, 0.2) is 23.3 Å². The van der Waals surface area contributed by atoms with Gasteiger partial charge in [-0.3, -0.25) is 14.5 Å². The monoisotopic (exact) mass is 251 g/mol. The van der Waals surface area contributed by atoms with Crippen LogP contribution in [0.1, 0.15) is 13.3 Å². The zero-order valence-corrected chi connectivity index (χ0v) is 10.4. The molecule has 3 rings (SSSR count). The first kappa shape index (κ1) is 11.0. The molecule has 0 radical (unpaired) electrons. The van der Waals surface area contributed by atoms with Crippen LogP contribution in [0.2, 0.25) is 0 Å². The molecule has 3 nitrogen and oxygen atoms in total. The van der Waals surface area contributed by atoms with Crippen molar-refractivity contribution in [2.24, 2.45) is 23.7 Å². The van der Waals surface area contributed by atoms with Gasteiger partial charge in [-0.25, -0.2) is 0 Å². The van der Waals surface area contributed by atoms with Crippen LogP contribution < -0.4 is 0 Å². The molecular weight excluding hydrogens is 238 g/mol. The second-order valence-electron chi connectivity index (χ2n) is 5.08. The number of rotatable bonds is 2. The van der Waals surface area contributed by atoms with E-state index in [2.05, 4.69) is 12.2 Å². The molecule has 17 heavy (non-hydrogen) atoms. The third-order valence-electron chi connectivity index (χ3n) is 4.12. The van der Waals surface area contributed by atoms with Gasteiger partial charge in [0.1, 0.15) is 0 Å². The van der Waals surface area contributed by atoms with Crippen molar-refractivity contribution in [1.29, 1.82) is 0 Å². The highest BCUT2D eigenvalue weighted by atomic mass is 35.5. The molecule has 0 unspecified atom stereocenters. The Morgan fingerprint density at radius 3 is 2.35 bits per heavy atom. The van der Waals surface area contributed by atoms with Crippen molar-refractivity contribution in [2.75, 3.05) is 6.54 Å². The first-order valence-corrected chi connectivity index (χ1v) is 6.33. The number of likely N-dealkylation sites (tertiary alicyclic amines) is 1. The molecule has 1 saturated heterocycles. The van der Waals surface area contributed by atoms with Gasteiger partial charge in [-0.15, -0.1) is 0 Å². The predicted molar refractivity (Wildman–Crippen MR) is 64.0 cm³/mol. The topological polar surface area (TPSA) is 37.4 Å². The second kappa shape index (κ2) is 3.70. The standard InChI is InChI=1S/C13H14ClNO2/c1-7(14)4-5-15-12(16)10-8-2-3-9(6-8)11(10)13(15)17/h2-4,8-11H,5-6H2,1H3/b7-4-/t8-,9+,10-,11-/m1/s1. The van der Waals surface area contributed by atoms with E-state index in [0.717, 1.165) is 6.42 Å². The normalized spacial score (nSPS) is 39.4. The van der Waals surface area contributed by atoms with E-state index in [0.29, 0.717) is 11.6 Å². The predicted octanol–water partition coefficient (Wildman–Crippen LogP) is 1.94. The average molecular weight is 252 g/mol. The molecule has 2 fully saturated rings. The Kier molecular flexibility index (Phi) is 2.40. The Hall–Kier alpha value is -1.09. The fraction of sp³-hybridized carbons (Fsp3) is 0.538. The van der Waals surface area contributed by atoms with Crippen LogP contribution in [0.3, 0.4) is 0 Å². The van der Waals surface area contributed by atoms with Crippen LogP contribution in [0.5, 0.6) is 0 Å². The van der Waals surface area contributed by atoms with E-state index in [-0.39, 0.29) is 35.5 Å². The lowest BCUT2D eigenvalue weighted by atomic mass is 9.85. The van der Waals surface area contributed by atoms with Crippen molar-refractivity contribution in [2.45, 2.75) is 13.3 Å². The largest absolute Gasteiger partial charge is 0.278 e. The van der Waals surface area contributed by atoms with Gasteiger partial charge in [0.2, 0.25) is 11.8 Å². The fourth-order valence-electron chi connectivity index (χ4n) is 3.36. The molecule has 0 N–H and O–H groups in total. The third kappa shape index (κ3) is 1.48. The fourth-order valence-corrected chi connectivity index (χ4v) is 3.43. The molecule has 90 valence electrons. The molecule has 4 atom stereocenters. The Labute approximate surface area is 105 Å². The highest BCUT2D eigenvalue weighted by molar-refractivity contribution is 6.29. The summed E-state index contributed by atoms with van der Waals surface area (Å²) < 4.78 is 0. The minimum absolute atomic E-state index is 0.00832. The Morgan fingerprint density at radius 2 is 1.88 bits per heavy atom. The molecule has 1 heterocycles. The van der Waals surface area contributed by atoms with Crippen molar-refractivity contribution in [3.05, 3.63) is 23.3 Å². The van der Waals surface area contributed by atoms with E-state index in [9.17, 15) is 9.59 Å². The number of amides is 2. The van der Waals surface area contributed by atoms with Crippen LogP contribution in [0.25, 0.3) is 0 Å². The number of fused-ring (bicyclic) bond motifs is 5. The van der Waals surface area contributed by atoms with Crippen LogP contribution >= 0.6 is 11.6 Å². The van der Waals surface area contributed by atoms with E-state index in [1.54, 1.807) is 13.0 Å². The summed E-state index contributed by atoms with van der Waals surface area (Å²) in [4.78, 5) is 25.8. The number of halogens is 1. The molecule has 4 heteroatoms. The molecule has 0 spiro atoms. The summed E-state index contributed by atoms with van der Waals surface area (Å²) in [6, 6.07) is 0. The van der Waals surface area contributed by atoms with Crippen molar-refractivity contribution < 1.29 is 9.59 Å². The highest BCUT2D eigenvalue weighted by Gasteiger charge is 2.58. The number of imide groups is 1. The molecule has 2 aliphatic carbocycles. The van der Waals surface area contributed by atoms with E-state index in [1.807, 2.05) is 0 Å². The zero-order chi connectivity index (χ0) is 12.2. The van der Waals surface area contributed by atoms with Gasteiger partial charge in [0.25, 0.3) is 0 Å². The van der Waals surface area contributed by atoms with Crippen LogP contribution in [0.4, 0.5) is 0 Å². The minimum Gasteiger partial charge on any atom is -0.278 e. The number of carbonyl (C=O) groups excluding carboxylic acids is 2. The van der Waals surface area contributed by atoms with Gasteiger partial charge in [0.05, 0.1) is 11.8 Å². The van der Waals surface area contributed by atoms with Crippen LogP contribution in [-0.2, 0) is 9.59 Å². The number of allylic oxidation sites excluding steroid dienone is 3. The quantitative estimate of drug-likeness (QED) is 0.556. The smallest absolute Gasteiger partial charge is 0.234 e. The Morgan fingerprint density at radius 1 is 1.35 bits per heavy atom. The van der Waals surface area contributed by atoms with Gasteiger partial charge < -0.3 is 0 Å². The summed E-state index contributed by atoms with van der Waals surface area (Å²) >= 11 is 5.74. The summed E-state index contributed by atoms with van der Waals surface area (Å²) in [5, 5.41) is 0.615. The van der Waals surface area contributed by atoms with E-state index in [1.165, 1.54) is 4.90 Å². The van der Waals surface area contributed by atoms with Gasteiger partial charge in [-0.2, -0.15) is 0 Å². The SMILES string of the molecule is C/C(Cl)=C/CN1C(=O)[C@H]2[C@H](C1=O)[C@H]1C=C[C@@H]2C1. The Bertz CT molecular complexity index is 420. The van der Waals surface area contributed by atoms with Crippen molar-refractivity contribution in [1.82, 2.24) is 4.90 Å². The minimum atomic E-state index is -0.0958. The van der Waals surface area contributed by atoms with Crippen molar-refractivity contribution >= 4 is 23.4 Å². The van der Waals surface area contributed by atoms with E-state index >= 15 is 0 Å². The molecule has 3 aliphatic rings. The van der Waals surface area contributed by atoms with Gasteiger partial charge in [0, 0.05) is 11.6 Å². The molecule has 1 saturated carbocycles.